The van der Waals surface area contributed by atoms with Crippen molar-refractivity contribution >= 4 is 23.2 Å². The smallest absolute Gasteiger partial charge is 0.238 e. The van der Waals surface area contributed by atoms with Gasteiger partial charge in [0.25, 0.3) is 0 Å². The van der Waals surface area contributed by atoms with Crippen LogP contribution in [0.2, 0.25) is 5.02 Å². The van der Waals surface area contributed by atoms with E-state index in [1.54, 1.807) is 12.1 Å². The number of amides is 1. The molecule has 0 spiro atoms. The number of carbonyl (C=O) groups excluding carboxylic acids is 1. The van der Waals surface area contributed by atoms with E-state index in [4.69, 9.17) is 16.3 Å². The molecule has 0 bridgehead atoms. The minimum atomic E-state index is -0.0889. The van der Waals surface area contributed by atoms with Crippen LogP contribution in [0.1, 0.15) is 12.0 Å². The van der Waals surface area contributed by atoms with Crippen molar-refractivity contribution in [1.82, 2.24) is 5.32 Å². The van der Waals surface area contributed by atoms with Gasteiger partial charge in [-0.05, 0) is 42.7 Å². The number of fused-ring (bicyclic) bond motifs is 1. The molecule has 0 fully saturated rings. The molecule has 1 atom stereocenters. The van der Waals surface area contributed by atoms with Crippen LogP contribution in [0.3, 0.4) is 0 Å². The standard InChI is InChI=1S/C18H19ClN2O2/c19-14-5-3-6-15(10-14)21-18(22)11-20-16-9-8-13-4-1-2-7-17(13)23-12-16/h1-7,10,16,20H,8-9,11-12H2,(H,21,22). The normalized spacial score (nSPS) is 16.8. The molecule has 0 saturated carbocycles. The SMILES string of the molecule is O=C(CNC1CCc2ccccc2OC1)Nc1cccc(Cl)c1. The second-order valence-electron chi connectivity index (χ2n) is 5.59. The number of benzene rings is 2. The molecule has 1 aliphatic rings. The molecule has 2 N–H and O–H groups in total. The van der Waals surface area contributed by atoms with Gasteiger partial charge in [-0.25, -0.2) is 0 Å². The first-order chi connectivity index (χ1) is 11.2. The molecule has 0 aromatic heterocycles. The lowest BCUT2D eigenvalue weighted by atomic mass is 10.1. The fraction of sp³-hybridized carbons (Fsp3) is 0.278. The average molecular weight is 331 g/mol. The van der Waals surface area contributed by atoms with Crippen molar-refractivity contribution in [3.8, 4) is 5.75 Å². The highest BCUT2D eigenvalue weighted by atomic mass is 35.5. The van der Waals surface area contributed by atoms with Gasteiger partial charge in [0.2, 0.25) is 5.91 Å². The third-order valence-electron chi connectivity index (χ3n) is 3.83. The van der Waals surface area contributed by atoms with Crippen LogP contribution in [0.25, 0.3) is 0 Å². The van der Waals surface area contributed by atoms with Crippen LogP contribution in [0, 0.1) is 0 Å². The van der Waals surface area contributed by atoms with Crippen molar-refractivity contribution in [2.24, 2.45) is 0 Å². The van der Waals surface area contributed by atoms with Gasteiger partial charge in [0.15, 0.2) is 0 Å². The lowest BCUT2D eigenvalue weighted by Gasteiger charge is -2.16. The fourth-order valence-corrected chi connectivity index (χ4v) is 2.81. The maximum atomic E-state index is 12.0. The fourth-order valence-electron chi connectivity index (χ4n) is 2.62. The van der Waals surface area contributed by atoms with Gasteiger partial charge < -0.3 is 15.4 Å². The minimum Gasteiger partial charge on any atom is -0.492 e. The van der Waals surface area contributed by atoms with E-state index in [9.17, 15) is 4.79 Å². The first-order valence-electron chi connectivity index (χ1n) is 7.70. The van der Waals surface area contributed by atoms with E-state index in [-0.39, 0.29) is 18.5 Å². The number of ether oxygens (including phenoxy) is 1. The summed E-state index contributed by atoms with van der Waals surface area (Å²) >= 11 is 5.91. The Morgan fingerprint density at radius 3 is 2.96 bits per heavy atom. The molecular weight excluding hydrogens is 312 g/mol. The van der Waals surface area contributed by atoms with Crippen molar-refractivity contribution in [1.29, 1.82) is 0 Å². The molecule has 0 aliphatic carbocycles. The number of anilines is 1. The van der Waals surface area contributed by atoms with Gasteiger partial charge in [-0.2, -0.15) is 0 Å². The summed E-state index contributed by atoms with van der Waals surface area (Å²) in [7, 11) is 0. The highest BCUT2D eigenvalue weighted by Gasteiger charge is 2.17. The van der Waals surface area contributed by atoms with Gasteiger partial charge in [-0.1, -0.05) is 35.9 Å². The zero-order valence-corrected chi connectivity index (χ0v) is 13.5. The van der Waals surface area contributed by atoms with E-state index in [2.05, 4.69) is 16.7 Å². The van der Waals surface area contributed by atoms with Crippen LogP contribution in [0.4, 0.5) is 5.69 Å². The van der Waals surface area contributed by atoms with E-state index in [1.165, 1.54) is 5.56 Å². The summed E-state index contributed by atoms with van der Waals surface area (Å²) in [5, 5.41) is 6.69. The molecule has 3 rings (SSSR count). The molecule has 2 aromatic rings. The average Bonchev–Trinajstić information content (AvgIpc) is 2.75. The first-order valence-corrected chi connectivity index (χ1v) is 8.08. The molecule has 23 heavy (non-hydrogen) atoms. The summed E-state index contributed by atoms with van der Waals surface area (Å²) in [5.74, 6) is 0.856. The molecule has 1 heterocycles. The quantitative estimate of drug-likeness (QED) is 0.904. The van der Waals surface area contributed by atoms with Crippen molar-refractivity contribution in [3.63, 3.8) is 0 Å². The zero-order valence-electron chi connectivity index (χ0n) is 12.7. The van der Waals surface area contributed by atoms with Gasteiger partial charge in [-0.15, -0.1) is 0 Å². The van der Waals surface area contributed by atoms with Gasteiger partial charge in [0.05, 0.1) is 6.54 Å². The lowest BCUT2D eigenvalue weighted by molar-refractivity contribution is -0.115. The number of halogens is 1. The van der Waals surface area contributed by atoms with Crippen LogP contribution in [-0.2, 0) is 11.2 Å². The third-order valence-corrected chi connectivity index (χ3v) is 4.07. The number of para-hydroxylation sites is 1. The van der Waals surface area contributed by atoms with Crippen LogP contribution in [-0.4, -0.2) is 25.1 Å². The number of hydrogen-bond acceptors (Lipinski definition) is 3. The summed E-state index contributed by atoms with van der Waals surface area (Å²) in [4.78, 5) is 12.0. The second kappa shape index (κ2) is 7.49. The number of hydrogen-bond donors (Lipinski definition) is 2. The molecule has 2 aromatic carbocycles. The molecule has 1 aliphatic heterocycles. The van der Waals surface area contributed by atoms with E-state index in [1.807, 2.05) is 30.3 Å². The highest BCUT2D eigenvalue weighted by Crippen LogP contribution is 2.23. The van der Waals surface area contributed by atoms with Gasteiger partial charge >= 0.3 is 0 Å². The monoisotopic (exact) mass is 330 g/mol. The number of rotatable bonds is 4. The van der Waals surface area contributed by atoms with Crippen LogP contribution < -0.4 is 15.4 Å². The molecule has 0 saturated heterocycles. The van der Waals surface area contributed by atoms with E-state index >= 15 is 0 Å². The van der Waals surface area contributed by atoms with Crippen molar-refractivity contribution in [2.45, 2.75) is 18.9 Å². The number of carbonyl (C=O) groups is 1. The Labute approximate surface area is 140 Å². The Balaban J connectivity index is 1.48. The molecule has 1 amide bonds. The second-order valence-corrected chi connectivity index (χ2v) is 6.03. The van der Waals surface area contributed by atoms with E-state index in [0.29, 0.717) is 17.3 Å². The minimum absolute atomic E-state index is 0.0889. The third kappa shape index (κ3) is 4.47. The Bertz CT molecular complexity index is 663. The Hall–Kier alpha value is -2.04. The van der Waals surface area contributed by atoms with Crippen molar-refractivity contribution < 1.29 is 9.53 Å². The number of nitrogens with one attached hydrogen (secondary N) is 2. The summed E-state index contributed by atoms with van der Waals surface area (Å²) in [6.07, 6.45) is 1.89. The lowest BCUT2D eigenvalue weighted by Crippen LogP contribution is -2.39. The zero-order chi connectivity index (χ0) is 16.1. The molecule has 0 radical (unpaired) electrons. The first kappa shape index (κ1) is 15.8. The topological polar surface area (TPSA) is 50.4 Å². The summed E-state index contributed by atoms with van der Waals surface area (Å²) in [6.45, 7) is 0.818. The molecule has 5 heteroatoms. The Morgan fingerprint density at radius 1 is 1.22 bits per heavy atom. The Kier molecular flexibility index (Phi) is 5.16. The molecular formula is C18H19ClN2O2. The molecule has 4 nitrogen and oxygen atoms in total. The van der Waals surface area contributed by atoms with Crippen LogP contribution in [0.5, 0.6) is 5.75 Å². The maximum absolute atomic E-state index is 12.0. The van der Waals surface area contributed by atoms with Gasteiger partial charge in [-0.3, -0.25) is 4.79 Å². The van der Waals surface area contributed by atoms with E-state index < -0.39 is 0 Å². The van der Waals surface area contributed by atoms with Crippen molar-refractivity contribution in [2.75, 3.05) is 18.5 Å². The summed E-state index contributed by atoms with van der Waals surface area (Å²) in [6, 6.07) is 15.4. The maximum Gasteiger partial charge on any atom is 0.238 e. The molecule has 120 valence electrons. The summed E-state index contributed by atoms with van der Waals surface area (Å²) < 4.78 is 5.82. The predicted molar refractivity (Wildman–Crippen MR) is 92.1 cm³/mol. The Morgan fingerprint density at radius 2 is 2.09 bits per heavy atom. The van der Waals surface area contributed by atoms with Gasteiger partial charge in [0.1, 0.15) is 12.4 Å². The van der Waals surface area contributed by atoms with Gasteiger partial charge in [0, 0.05) is 16.8 Å². The number of aryl methyl sites for hydroxylation is 1. The van der Waals surface area contributed by atoms with Crippen LogP contribution >= 0.6 is 11.6 Å². The molecule has 1 unspecified atom stereocenters. The van der Waals surface area contributed by atoms with Crippen molar-refractivity contribution in [3.05, 3.63) is 59.1 Å². The predicted octanol–water partition coefficient (Wildman–Crippen LogP) is 3.26. The van der Waals surface area contributed by atoms with Crippen LogP contribution in [0.15, 0.2) is 48.5 Å². The van der Waals surface area contributed by atoms with E-state index in [0.717, 1.165) is 18.6 Å². The summed E-state index contributed by atoms with van der Waals surface area (Å²) in [5.41, 5.74) is 1.93. The highest BCUT2D eigenvalue weighted by molar-refractivity contribution is 6.30. The largest absolute Gasteiger partial charge is 0.492 e.